The summed E-state index contributed by atoms with van der Waals surface area (Å²) in [6.07, 6.45) is 0.839. The van der Waals surface area contributed by atoms with Crippen LogP contribution in [0.3, 0.4) is 0 Å². The highest BCUT2D eigenvalue weighted by Crippen LogP contribution is 2.41. The predicted molar refractivity (Wildman–Crippen MR) is 171 cm³/mol. The fraction of sp³-hybridized carbons (Fsp3) is 0.265. The van der Waals surface area contributed by atoms with E-state index < -0.39 is 6.04 Å². The Bertz CT molecular complexity index is 1780. The molecular formula is C34H34N6O4. The maximum Gasteiger partial charge on any atom is 0.415 e. The highest BCUT2D eigenvalue weighted by Gasteiger charge is 2.35. The van der Waals surface area contributed by atoms with Crippen molar-refractivity contribution >= 4 is 51.4 Å². The molecule has 0 aromatic heterocycles. The van der Waals surface area contributed by atoms with E-state index in [0.29, 0.717) is 48.7 Å². The van der Waals surface area contributed by atoms with Gasteiger partial charge in [-0.3, -0.25) is 9.59 Å². The van der Waals surface area contributed by atoms with Gasteiger partial charge < -0.3 is 35.8 Å². The molecule has 3 aliphatic heterocycles. The summed E-state index contributed by atoms with van der Waals surface area (Å²) in [5.74, 6) is 0.194. The van der Waals surface area contributed by atoms with Crippen molar-refractivity contribution in [3.8, 4) is 5.75 Å². The number of nitrogens with zero attached hydrogens (tertiary/aromatic N) is 3. The van der Waals surface area contributed by atoms with E-state index >= 15 is 0 Å². The predicted octanol–water partition coefficient (Wildman–Crippen LogP) is 4.35. The van der Waals surface area contributed by atoms with Crippen molar-refractivity contribution < 1.29 is 19.1 Å². The number of ether oxygens (including phenoxy) is 1. The minimum atomic E-state index is -0.457. The van der Waals surface area contributed by atoms with E-state index in [1.807, 2.05) is 60.5 Å². The van der Waals surface area contributed by atoms with Gasteiger partial charge >= 0.3 is 6.09 Å². The van der Waals surface area contributed by atoms with Gasteiger partial charge in [-0.05, 0) is 72.4 Å². The number of hydrogen-bond donors (Lipinski definition) is 3. The molecule has 10 nitrogen and oxygen atoms in total. The Kier molecular flexibility index (Phi) is 7.06. The third-order valence-electron chi connectivity index (χ3n) is 8.78. The monoisotopic (exact) mass is 590 g/mol. The van der Waals surface area contributed by atoms with Crippen molar-refractivity contribution in [2.24, 2.45) is 0 Å². The topological polar surface area (TPSA) is 120 Å². The highest BCUT2D eigenvalue weighted by molar-refractivity contribution is 6.07. The fourth-order valence-electron chi connectivity index (χ4n) is 6.31. The lowest BCUT2D eigenvalue weighted by Gasteiger charge is -2.31. The molecule has 1 atom stereocenters. The first-order valence-corrected chi connectivity index (χ1v) is 14.9. The van der Waals surface area contributed by atoms with Gasteiger partial charge in [-0.15, -0.1) is 0 Å². The third-order valence-corrected chi connectivity index (χ3v) is 8.78. The molecule has 0 radical (unpaired) electrons. The maximum atomic E-state index is 14.0. The van der Waals surface area contributed by atoms with Crippen LogP contribution in [0.15, 0.2) is 72.8 Å². The van der Waals surface area contributed by atoms with E-state index in [2.05, 4.69) is 15.5 Å². The van der Waals surface area contributed by atoms with Crippen molar-refractivity contribution in [2.45, 2.75) is 18.9 Å². The van der Waals surface area contributed by atoms with E-state index in [4.69, 9.17) is 10.5 Å². The molecule has 10 heteroatoms. The largest absolute Gasteiger partial charge is 0.415 e. The van der Waals surface area contributed by atoms with Crippen LogP contribution in [0.4, 0.5) is 27.5 Å². The fourth-order valence-corrected chi connectivity index (χ4v) is 6.31. The standard InChI is InChI=1S/C34H34N6O4/c1-38-14-16-39(17-15-38)34(43)44-31-20-30-26(25-4-2-3-5-27(25)31)12-13-40(30)33(42)29-19-22-18-24(10-11-28(22)37-29)36-32(41)21-6-8-23(35)9-7-21/h2-11,18,20,29,37H,12-17,19,35H2,1H3,(H,36,41). The molecule has 0 bridgehead atoms. The summed E-state index contributed by atoms with van der Waals surface area (Å²) in [6.45, 7) is 3.38. The van der Waals surface area contributed by atoms with Crippen LogP contribution in [0.5, 0.6) is 5.75 Å². The number of hydrogen-bond acceptors (Lipinski definition) is 7. The minimum absolute atomic E-state index is 0.0426. The van der Waals surface area contributed by atoms with E-state index in [1.54, 1.807) is 29.2 Å². The number of nitrogens with one attached hydrogen (secondary N) is 2. The molecule has 4 aromatic carbocycles. The normalized spacial score (nSPS) is 17.6. The van der Waals surface area contributed by atoms with Gasteiger partial charge in [0.25, 0.3) is 5.91 Å². The number of amides is 3. The molecule has 0 spiro atoms. The number of benzene rings is 4. The van der Waals surface area contributed by atoms with Gasteiger partial charge in [0.2, 0.25) is 5.91 Å². The van der Waals surface area contributed by atoms with Crippen molar-refractivity contribution in [1.82, 2.24) is 9.80 Å². The summed E-state index contributed by atoms with van der Waals surface area (Å²) >= 11 is 0. The highest BCUT2D eigenvalue weighted by atomic mass is 16.6. The Hall–Kier alpha value is -5.09. The second-order valence-corrected chi connectivity index (χ2v) is 11.7. The molecular weight excluding hydrogens is 556 g/mol. The lowest BCUT2D eigenvalue weighted by molar-refractivity contribution is -0.119. The quantitative estimate of drug-likeness (QED) is 0.303. The first kappa shape index (κ1) is 27.7. The Morgan fingerprint density at radius 3 is 2.43 bits per heavy atom. The average molecular weight is 591 g/mol. The van der Waals surface area contributed by atoms with Crippen LogP contribution in [0.2, 0.25) is 0 Å². The van der Waals surface area contributed by atoms with Gasteiger partial charge in [0.15, 0.2) is 0 Å². The maximum absolute atomic E-state index is 14.0. The summed E-state index contributed by atoms with van der Waals surface area (Å²) in [5.41, 5.74) is 11.2. The number of carbonyl (C=O) groups is 3. The van der Waals surface area contributed by atoms with E-state index in [1.165, 1.54) is 0 Å². The van der Waals surface area contributed by atoms with Crippen LogP contribution in [-0.4, -0.2) is 73.5 Å². The first-order chi connectivity index (χ1) is 21.3. The molecule has 3 aliphatic rings. The molecule has 1 unspecified atom stereocenters. The Balaban J connectivity index is 1.09. The van der Waals surface area contributed by atoms with Crippen molar-refractivity contribution in [3.05, 3.63) is 89.5 Å². The van der Waals surface area contributed by atoms with Crippen LogP contribution >= 0.6 is 0 Å². The molecule has 3 amide bonds. The Morgan fingerprint density at radius 1 is 0.909 bits per heavy atom. The molecule has 44 heavy (non-hydrogen) atoms. The lowest BCUT2D eigenvalue weighted by atomic mass is 10.0. The number of piperazine rings is 1. The summed E-state index contributed by atoms with van der Waals surface area (Å²) in [5, 5.41) is 8.17. The average Bonchev–Trinajstić information content (AvgIpc) is 3.66. The van der Waals surface area contributed by atoms with Gasteiger partial charge in [0.1, 0.15) is 11.8 Å². The van der Waals surface area contributed by atoms with Crippen LogP contribution < -0.4 is 26.0 Å². The Labute approximate surface area is 255 Å². The van der Waals surface area contributed by atoms with Crippen LogP contribution in [-0.2, 0) is 17.6 Å². The lowest BCUT2D eigenvalue weighted by Crippen LogP contribution is -2.48. The molecule has 0 aliphatic carbocycles. The number of nitrogens with two attached hydrogens (primary N) is 1. The number of rotatable bonds is 4. The van der Waals surface area contributed by atoms with Gasteiger partial charge in [-0.2, -0.15) is 0 Å². The Morgan fingerprint density at radius 2 is 1.66 bits per heavy atom. The molecule has 1 fully saturated rings. The number of nitrogen functional groups attached to an aromatic ring is 1. The molecule has 0 saturated carbocycles. The molecule has 224 valence electrons. The van der Waals surface area contributed by atoms with Gasteiger partial charge in [0.05, 0.1) is 5.69 Å². The SMILES string of the molecule is CN1CCN(C(=O)Oc2cc3c(c4ccccc24)CCN3C(=O)C2Cc3cc(NC(=O)c4ccc(N)cc4)ccc3N2)CC1. The van der Waals surface area contributed by atoms with E-state index in [0.717, 1.165) is 52.8 Å². The van der Waals surface area contributed by atoms with Crippen molar-refractivity contribution in [2.75, 3.05) is 61.0 Å². The van der Waals surface area contributed by atoms with Gasteiger partial charge in [-0.1, -0.05) is 24.3 Å². The number of fused-ring (bicyclic) bond motifs is 4. The van der Waals surface area contributed by atoms with Crippen LogP contribution in [0.1, 0.15) is 21.5 Å². The first-order valence-electron chi connectivity index (χ1n) is 14.9. The molecule has 4 aromatic rings. The second-order valence-electron chi connectivity index (χ2n) is 11.7. The number of anilines is 4. The summed E-state index contributed by atoms with van der Waals surface area (Å²) in [6, 6.07) is 21.7. The molecule has 4 N–H and O–H groups in total. The zero-order valence-electron chi connectivity index (χ0n) is 24.5. The smallest absolute Gasteiger partial charge is 0.409 e. The summed E-state index contributed by atoms with van der Waals surface area (Å²) < 4.78 is 5.99. The number of likely N-dealkylation sites (N-methyl/N-ethyl adjacent to an activating group) is 1. The van der Waals surface area contributed by atoms with Crippen LogP contribution in [0.25, 0.3) is 10.8 Å². The molecule has 1 saturated heterocycles. The van der Waals surface area contributed by atoms with Crippen molar-refractivity contribution in [1.29, 1.82) is 0 Å². The van der Waals surface area contributed by atoms with Crippen molar-refractivity contribution in [3.63, 3.8) is 0 Å². The summed E-state index contributed by atoms with van der Waals surface area (Å²) in [7, 11) is 2.04. The van der Waals surface area contributed by atoms with Gasteiger partial charge in [0, 0.05) is 73.2 Å². The van der Waals surface area contributed by atoms with E-state index in [9.17, 15) is 14.4 Å². The van der Waals surface area contributed by atoms with E-state index in [-0.39, 0.29) is 17.9 Å². The third kappa shape index (κ3) is 5.17. The number of carbonyl (C=O) groups excluding carboxylic acids is 3. The molecule has 3 heterocycles. The zero-order valence-corrected chi connectivity index (χ0v) is 24.5. The minimum Gasteiger partial charge on any atom is -0.409 e. The molecule has 7 rings (SSSR count). The van der Waals surface area contributed by atoms with Crippen LogP contribution in [0, 0.1) is 0 Å². The van der Waals surface area contributed by atoms with Gasteiger partial charge in [-0.25, -0.2) is 4.79 Å². The summed E-state index contributed by atoms with van der Waals surface area (Å²) in [4.78, 5) is 45.5. The zero-order chi connectivity index (χ0) is 30.4. The second kappa shape index (κ2) is 11.2.